The Balaban J connectivity index is 2.29. The van der Waals surface area contributed by atoms with Crippen LogP contribution in [-0.2, 0) is 5.54 Å². The smallest absolute Gasteiger partial charge is 0.221 e. The quantitative estimate of drug-likeness (QED) is 0.919. The van der Waals surface area contributed by atoms with Gasteiger partial charge in [0.25, 0.3) is 0 Å². The zero-order valence-corrected chi connectivity index (χ0v) is 11.7. The van der Waals surface area contributed by atoms with Crippen LogP contribution < -0.4 is 10.1 Å². The zero-order valence-electron chi connectivity index (χ0n) is 10.9. The van der Waals surface area contributed by atoms with E-state index in [1.54, 1.807) is 24.6 Å². The molecule has 5 nitrogen and oxygen atoms in total. The molecule has 0 aromatic carbocycles. The number of ether oxygens (including phenoxy) is 1. The molecule has 0 aliphatic heterocycles. The standard InChI is InChI=1S/C12H16N4OS/c1-8-9(14-7-15-10(8)17-4)16-12(2,3)11-13-5-6-18-11/h5-7H,1-4H3,(H,14,15,16). The van der Waals surface area contributed by atoms with Crippen LogP contribution in [0.15, 0.2) is 17.9 Å². The molecular weight excluding hydrogens is 248 g/mol. The first kappa shape index (κ1) is 12.8. The Bertz CT molecular complexity index is 525. The van der Waals surface area contributed by atoms with E-state index in [2.05, 4.69) is 34.1 Å². The molecule has 2 rings (SSSR count). The molecule has 0 saturated heterocycles. The van der Waals surface area contributed by atoms with E-state index in [0.29, 0.717) is 5.88 Å². The third kappa shape index (κ3) is 2.43. The fraction of sp³-hybridized carbons (Fsp3) is 0.417. The Labute approximate surface area is 110 Å². The van der Waals surface area contributed by atoms with Crippen molar-refractivity contribution in [2.24, 2.45) is 0 Å². The molecule has 0 aliphatic rings. The number of aromatic nitrogens is 3. The first-order valence-electron chi connectivity index (χ1n) is 5.58. The second-order valence-corrected chi connectivity index (χ2v) is 5.34. The SMILES string of the molecule is COc1ncnc(NC(C)(C)c2nccs2)c1C. The maximum atomic E-state index is 5.19. The van der Waals surface area contributed by atoms with E-state index in [1.165, 1.54) is 6.33 Å². The summed E-state index contributed by atoms with van der Waals surface area (Å²) >= 11 is 1.62. The molecule has 0 saturated carbocycles. The van der Waals surface area contributed by atoms with Crippen LogP contribution in [-0.4, -0.2) is 22.1 Å². The van der Waals surface area contributed by atoms with E-state index >= 15 is 0 Å². The molecule has 0 spiro atoms. The van der Waals surface area contributed by atoms with Gasteiger partial charge in [-0.05, 0) is 20.8 Å². The number of rotatable bonds is 4. The van der Waals surface area contributed by atoms with E-state index in [0.717, 1.165) is 16.4 Å². The van der Waals surface area contributed by atoms with E-state index < -0.39 is 0 Å². The average Bonchev–Trinajstić information content (AvgIpc) is 2.86. The van der Waals surface area contributed by atoms with Gasteiger partial charge in [-0.1, -0.05) is 0 Å². The van der Waals surface area contributed by atoms with E-state index in [-0.39, 0.29) is 5.54 Å². The van der Waals surface area contributed by atoms with Gasteiger partial charge in [-0.3, -0.25) is 0 Å². The van der Waals surface area contributed by atoms with Crippen LogP contribution in [0, 0.1) is 6.92 Å². The van der Waals surface area contributed by atoms with Crippen LogP contribution in [0.25, 0.3) is 0 Å². The Kier molecular flexibility index (Phi) is 3.47. The Morgan fingerprint density at radius 1 is 1.28 bits per heavy atom. The second kappa shape index (κ2) is 4.89. The van der Waals surface area contributed by atoms with Crippen molar-refractivity contribution in [2.45, 2.75) is 26.3 Å². The lowest BCUT2D eigenvalue weighted by Gasteiger charge is -2.25. The van der Waals surface area contributed by atoms with Crippen molar-refractivity contribution in [1.29, 1.82) is 0 Å². The number of nitrogens with one attached hydrogen (secondary N) is 1. The van der Waals surface area contributed by atoms with Crippen molar-refractivity contribution in [1.82, 2.24) is 15.0 Å². The highest BCUT2D eigenvalue weighted by Crippen LogP contribution is 2.29. The normalized spacial score (nSPS) is 11.3. The minimum Gasteiger partial charge on any atom is -0.481 e. The number of anilines is 1. The summed E-state index contributed by atoms with van der Waals surface area (Å²) in [6.45, 7) is 6.07. The highest BCUT2D eigenvalue weighted by Gasteiger charge is 2.24. The number of thiazole rings is 1. The van der Waals surface area contributed by atoms with Gasteiger partial charge in [-0.2, -0.15) is 0 Å². The lowest BCUT2D eigenvalue weighted by Crippen LogP contribution is -2.28. The number of methoxy groups -OCH3 is 1. The van der Waals surface area contributed by atoms with Crippen molar-refractivity contribution >= 4 is 17.2 Å². The summed E-state index contributed by atoms with van der Waals surface area (Å²) in [7, 11) is 1.60. The molecule has 0 fully saturated rings. The molecule has 0 atom stereocenters. The largest absolute Gasteiger partial charge is 0.481 e. The Hall–Kier alpha value is -1.69. The molecule has 96 valence electrons. The molecule has 2 heterocycles. The summed E-state index contributed by atoms with van der Waals surface area (Å²) in [5.41, 5.74) is 0.614. The van der Waals surface area contributed by atoms with E-state index in [9.17, 15) is 0 Å². The molecule has 2 aromatic rings. The Morgan fingerprint density at radius 3 is 2.67 bits per heavy atom. The van der Waals surface area contributed by atoms with Gasteiger partial charge in [0.15, 0.2) is 0 Å². The monoisotopic (exact) mass is 264 g/mol. The number of nitrogens with zero attached hydrogens (tertiary/aromatic N) is 3. The lowest BCUT2D eigenvalue weighted by molar-refractivity contribution is 0.393. The minimum atomic E-state index is -0.279. The van der Waals surface area contributed by atoms with Gasteiger partial charge in [0.2, 0.25) is 5.88 Å². The summed E-state index contributed by atoms with van der Waals surface area (Å²) in [5.74, 6) is 1.35. The Morgan fingerprint density at radius 2 is 2.06 bits per heavy atom. The first-order valence-corrected chi connectivity index (χ1v) is 6.46. The van der Waals surface area contributed by atoms with Gasteiger partial charge in [-0.25, -0.2) is 15.0 Å². The summed E-state index contributed by atoms with van der Waals surface area (Å²) in [6.07, 6.45) is 3.29. The van der Waals surface area contributed by atoms with Crippen LogP contribution in [0.1, 0.15) is 24.4 Å². The molecular formula is C12H16N4OS. The summed E-state index contributed by atoms with van der Waals surface area (Å²) in [4.78, 5) is 12.7. The highest BCUT2D eigenvalue weighted by atomic mass is 32.1. The molecule has 0 radical (unpaired) electrons. The van der Waals surface area contributed by atoms with Gasteiger partial charge in [0, 0.05) is 11.6 Å². The van der Waals surface area contributed by atoms with Crippen LogP contribution in [0.3, 0.4) is 0 Å². The first-order chi connectivity index (χ1) is 8.54. The zero-order chi connectivity index (χ0) is 13.2. The van der Waals surface area contributed by atoms with Crippen molar-refractivity contribution in [2.75, 3.05) is 12.4 Å². The van der Waals surface area contributed by atoms with Gasteiger partial charge in [0.05, 0.1) is 18.2 Å². The van der Waals surface area contributed by atoms with Crippen molar-refractivity contribution in [3.8, 4) is 5.88 Å². The minimum absolute atomic E-state index is 0.279. The third-order valence-electron chi connectivity index (χ3n) is 2.63. The predicted molar refractivity (Wildman–Crippen MR) is 72.1 cm³/mol. The van der Waals surface area contributed by atoms with Crippen LogP contribution in [0.2, 0.25) is 0 Å². The van der Waals surface area contributed by atoms with Gasteiger partial charge >= 0.3 is 0 Å². The van der Waals surface area contributed by atoms with Gasteiger partial charge in [-0.15, -0.1) is 11.3 Å². The van der Waals surface area contributed by atoms with Gasteiger partial charge < -0.3 is 10.1 Å². The maximum absolute atomic E-state index is 5.19. The highest BCUT2D eigenvalue weighted by molar-refractivity contribution is 7.09. The number of hydrogen-bond acceptors (Lipinski definition) is 6. The molecule has 0 bridgehead atoms. The fourth-order valence-corrected chi connectivity index (χ4v) is 2.37. The van der Waals surface area contributed by atoms with Crippen molar-refractivity contribution in [3.63, 3.8) is 0 Å². The summed E-state index contributed by atoms with van der Waals surface area (Å²) < 4.78 is 5.19. The lowest BCUT2D eigenvalue weighted by atomic mass is 10.1. The van der Waals surface area contributed by atoms with Crippen LogP contribution in [0.4, 0.5) is 5.82 Å². The molecule has 0 amide bonds. The number of hydrogen-bond donors (Lipinski definition) is 1. The summed E-state index contributed by atoms with van der Waals surface area (Å²) in [5, 5.41) is 6.36. The molecule has 0 aliphatic carbocycles. The topological polar surface area (TPSA) is 59.9 Å². The molecule has 2 aromatic heterocycles. The van der Waals surface area contributed by atoms with Crippen molar-refractivity contribution < 1.29 is 4.74 Å². The molecule has 0 unspecified atom stereocenters. The van der Waals surface area contributed by atoms with E-state index in [4.69, 9.17) is 4.74 Å². The van der Waals surface area contributed by atoms with Gasteiger partial charge in [0.1, 0.15) is 17.2 Å². The third-order valence-corrected chi connectivity index (χ3v) is 3.73. The van der Waals surface area contributed by atoms with Crippen LogP contribution >= 0.6 is 11.3 Å². The van der Waals surface area contributed by atoms with Crippen LogP contribution in [0.5, 0.6) is 5.88 Å². The molecule has 1 N–H and O–H groups in total. The van der Waals surface area contributed by atoms with E-state index in [1.807, 2.05) is 12.3 Å². The summed E-state index contributed by atoms with van der Waals surface area (Å²) in [6, 6.07) is 0. The van der Waals surface area contributed by atoms with Crippen molar-refractivity contribution in [3.05, 3.63) is 28.5 Å². The molecule has 6 heteroatoms. The fourth-order valence-electron chi connectivity index (χ4n) is 1.65. The average molecular weight is 264 g/mol. The second-order valence-electron chi connectivity index (χ2n) is 4.44. The predicted octanol–water partition coefficient (Wildman–Crippen LogP) is 2.60. The molecule has 18 heavy (non-hydrogen) atoms. The maximum Gasteiger partial charge on any atom is 0.221 e.